The molecule has 1 N–H and O–H groups in total. The van der Waals surface area contributed by atoms with Crippen molar-refractivity contribution in [1.29, 1.82) is 0 Å². The fourth-order valence-corrected chi connectivity index (χ4v) is 1.38. The van der Waals surface area contributed by atoms with Gasteiger partial charge in [-0.3, -0.25) is 0 Å². The lowest BCUT2D eigenvalue weighted by Crippen LogP contribution is -2.08. The second-order valence-corrected chi connectivity index (χ2v) is 3.59. The van der Waals surface area contributed by atoms with Gasteiger partial charge in [0.2, 0.25) is 0 Å². The van der Waals surface area contributed by atoms with Crippen LogP contribution < -0.4 is 9.47 Å². The quantitative estimate of drug-likeness (QED) is 0.706. The summed E-state index contributed by atoms with van der Waals surface area (Å²) < 4.78 is 16.0. The Balaban J connectivity index is 2.49. The van der Waals surface area contributed by atoms with Gasteiger partial charge in [-0.25, -0.2) is 0 Å². The minimum Gasteiger partial charge on any atom is -0.497 e. The summed E-state index contributed by atoms with van der Waals surface area (Å²) in [5.41, 5.74) is 0.751. The molecule has 96 valence electrons. The van der Waals surface area contributed by atoms with Gasteiger partial charge in [-0.05, 0) is 18.6 Å². The molecular formula is C13H20O4. The summed E-state index contributed by atoms with van der Waals surface area (Å²) in [4.78, 5) is 0. The lowest BCUT2D eigenvalue weighted by molar-refractivity contribution is 0.0995. The Labute approximate surface area is 102 Å². The highest BCUT2D eigenvalue weighted by Gasteiger charge is 2.04. The molecule has 0 amide bonds. The third-order valence-corrected chi connectivity index (χ3v) is 2.28. The van der Waals surface area contributed by atoms with Gasteiger partial charge in [0.1, 0.15) is 18.1 Å². The van der Waals surface area contributed by atoms with Crippen molar-refractivity contribution in [3.63, 3.8) is 0 Å². The summed E-state index contributed by atoms with van der Waals surface area (Å²) in [6.07, 6.45) is 1.00. The molecule has 0 spiro atoms. The van der Waals surface area contributed by atoms with E-state index in [1.807, 2.05) is 0 Å². The summed E-state index contributed by atoms with van der Waals surface area (Å²) in [6, 6.07) is 5.36. The van der Waals surface area contributed by atoms with Gasteiger partial charge in [0.15, 0.2) is 0 Å². The highest BCUT2D eigenvalue weighted by molar-refractivity contribution is 5.40. The van der Waals surface area contributed by atoms with Crippen LogP contribution in [0.25, 0.3) is 0 Å². The maximum absolute atomic E-state index is 9.17. The molecule has 0 saturated heterocycles. The van der Waals surface area contributed by atoms with Crippen molar-refractivity contribution in [2.75, 3.05) is 26.9 Å². The third-order valence-electron chi connectivity index (χ3n) is 2.28. The predicted octanol–water partition coefficient (Wildman–Crippen LogP) is 1.99. The van der Waals surface area contributed by atoms with Crippen molar-refractivity contribution < 1.29 is 19.3 Å². The van der Waals surface area contributed by atoms with Crippen LogP contribution in [0.4, 0.5) is 0 Å². The van der Waals surface area contributed by atoms with E-state index in [-0.39, 0.29) is 6.61 Å². The van der Waals surface area contributed by atoms with E-state index >= 15 is 0 Å². The standard InChI is InChI=1S/C13H20O4/c1-3-6-16-7-8-17-13-9-12(15-2)5-4-11(13)10-14/h4-5,9,14H,3,6-8,10H2,1-2H3. The zero-order valence-electron chi connectivity index (χ0n) is 10.4. The Morgan fingerprint density at radius 2 is 2.00 bits per heavy atom. The van der Waals surface area contributed by atoms with Crippen molar-refractivity contribution in [2.45, 2.75) is 20.0 Å². The number of methoxy groups -OCH3 is 1. The van der Waals surface area contributed by atoms with Crippen molar-refractivity contribution in [3.05, 3.63) is 23.8 Å². The average Bonchev–Trinajstić information content (AvgIpc) is 2.38. The molecule has 1 aromatic carbocycles. The van der Waals surface area contributed by atoms with Crippen LogP contribution in [0.5, 0.6) is 11.5 Å². The Morgan fingerprint density at radius 3 is 2.65 bits per heavy atom. The van der Waals surface area contributed by atoms with Gasteiger partial charge in [0.25, 0.3) is 0 Å². The monoisotopic (exact) mass is 240 g/mol. The summed E-state index contributed by atoms with van der Waals surface area (Å²) in [7, 11) is 1.60. The molecule has 17 heavy (non-hydrogen) atoms. The number of aliphatic hydroxyl groups is 1. The van der Waals surface area contributed by atoms with E-state index in [1.165, 1.54) is 0 Å². The summed E-state index contributed by atoms with van der Waals surface area (Å²) in [5, 5.41) is 9.17. The van der Waals surface area contributed by atoms with Gasteiger partial charge < -0.3 is 19.3 Å². The molecule has 0 fully saturated rings. The predicted molar refractivity (Wildman–Crippen MR) is 65.5 cm³/mol. The fourth-order valence-electron chi connectivity index (χ4n) is 1.38. The number of rotatable bonds is 8. The molecule has 0 radical (unpaired) electrons. The largest absolute Gasteiger partial charge is 0.497 e. The smallest absolute Gasteiger partial charge is 0.128 e. The lowest BCUT2D eigenvalue weighted by Gasteiger charge is -2.11. The molecule has 4 heteroatoms. The van der Waals surface area contributed by atoms with Crippen LogP contribution in [-0.2, 0) is 11.3 Å². The molecule has 1 rings (SSSR count). The zero-order chi connectivity index (χ0) is 12.5. The summed E-state index contributed by atoms with van der Waals surface area (Å²) >= 11 is 0. The first-order valence-electron chi connectivity index (χ1n) is 5.80. The minimum atomic E-state index is -0.0465. The van der Waals surface area contributed by atoms with Crippen LogP contribution in [-0.4, -0.2) is 32.0 Å². The van der Waals surface area contributed by atoms with Crippen LogP contribution in [0.2, 0.25) is 0 Å². The molecule has 4 nitrogen and oxygen atoms in total. The minimum absolute atomic E-state index is 0.0465. The number of hydrogen-bond donors (Lipinski definition) is 1. The van der Waals surface area contributed by atoms with Crippen LogP contribution >= 0.6 is 0 Å². The highest BCUT2D eigenvalue weighted by atomic mass is 16.5. The van der Waals surface area contributed by atoms with E-state index in [1.54, 1.807) is 25.3 Å². The molecule has 0 aliphatic carbocycles. The molecule has 0 bridgehead atoms. The lowest BCUT2D eigenvalue weighted by atomic mass is 10.2. The molecule has 0 saturated carbocycles. The average molecular weight is 240 g/mol. The van der Waals surface area contributed by atoms with Gasteiger partial charge in [0.05, 0.1) is 20.3 Å². The van der Waals surface area contributed by atoms with Crippen LogP contribution in [0.15, 0.2) is 18.2 Å². The van der Waals surface area contributed by atoms with E-state index in [0.29, 0.717) is 24.7 Å². The molecular weight excluding hydrogens is 220 g/mol. The number of aliphatic hydroxyl groups excluding tert-OH is 1. The maximum atomic E-state index is 9.17. The fraction of sp³-hybridized carbons (Fsp3) is 0.538. The molecule has 0 aliphatic rings. The highest BCUT2D eigenvalue weighted by Crippen LogP contribution is 2.24. The van der Waals surface area contributed by atoms with Crippen molar-refractivity contribution in [3.8, 4) is 11.5 Å². The van der Waals surface area contributed by atoms with Crippen molar-refractivity contribution in [1.82, 2.24) is 0 Å². The normalized spacial score (nSPS) is 10.3. The summed E-state index contributed by atoms with van der Waals surface area (Å²) in [5.74, 6) is 1.36. The Kier molecular flexibility index (Phi) is 6.43. The van der Waals surface area contributed by atoms with Crippen LogP contribution in [0.1, 0.15) is 18.9 Å². The van der Waals surface area contributed by atoms with Crippen molar-refractivity contribution >= 4 is 0 Å². The SMILES string of the molecule is CCCOCCOc1cc(OC)ccc1CO. The molecule has 0 aliphatic heterocycles. The van der Waals surface area contributed by atoms with Crippen molar-refractivity contribution in [2.24, 2.45) is 0 Å². The van der Waals surface area contributed by atoms with Gasteiger partial charge in [-0.2, -0.15) is 0 Å². The van der Waals surface area contributed by atoms with Crippen LogP contribution in [0.3, 0.4) is 0 Å². The third kappa shape index (κ3) is 4.63. The van der Waals surface area contributed by atoms with Gasteiger partial charge in [-0.1, -0.05) is 6.92 Å². The zero-order valence-corrected chi connectivity index (χ0v) is 10.4. The molecule has 0 aromatic heterocycles. The number of hydrogen-bond acceptors (Lipinski definition) is 4. The van der Waals surface area contributed by atoms with Gasteiger partial charge >= 0.3 is 0 Å². The first kappa shape index (κ1) is 13.8. The Hall–Kier alpha value is -1.26. The van der Waals surface area contributed by atoms with Gasteiger partial charge in [-0.15, -0.1) is 0 Å². The van der Waals surface area contributed by atoms with E-state index in [0.717, 1.165) is 18.6 Å². The molecule has 0 atom stereocenters. The van der Waals surface area contributed by atoms with E-state index < -0.39 is 0 Å². The second-order valence-electron chi connectivity index (χ2n) is 3.59. The molecule has 0 heterocycles. The Bertz CT molecular complexity index is 325. The molecule has 1 aromatic rings. The van der Waals surface area contributed by atoms with E-state index in [2.05, 4.69) is 6.92 Å². The first-order valence-corrected chi connectivity index (χ1v) is 5.80. The first-order chi connectivity index (χ1) is 8.31. The molecule has 0 unspecified atom stereocenters. The topological polar surface area (TPSA) is 47.9 Å². The van der Waals surface area contributed by atoms with E-state index in [4.69, 9.17) is 14.2 Å². The number of benzene rings is 1. The maximum Gasteiger partial charge on any atom is 0.128 e. The summed E-state index contributed by atoms with van der Waals surface area (Å²) in [6.45, 7) is 3.78. The van der Waals surface area contributed by atoms with Gasteiger partial charge in [0, 0.05) is 18.2 Å². The van der Waals surface area contributed by atoms with Crippen LogP contribution in [0, 0.1) is 0 Å². The second kappa shape index (κ2) is 7.92. The van der Waals surface area contributed by atoms with E-state index in [9.17, 15) is 5.11 Å². The number of ether oxygens (including phenoxy) is 3. The Morgan fingerprint density at radius 1 is 1.18 bits per heavy atom.